The first-order chi connectivity index (χ1) is 13.9. The Kier molecular flexibility index (Phi) is 7.20. The lowest BCUT2D eigenvalue weighted by molar-refractivity contribution is 0.181. The third kappa shape index (κ3) is 6.20. The van der Waals surface area contributed by atoms with Crippen LogP contribution in [-0.2, 0) is 4.12 Å². The van der Waals surface area contributed by atoms with Crippen LogP contribution < -0.4 is 20.5 Å². The lowest BCUT2D eigenvalue weighted by Crippen LogP contribution is -2.57. The number of benzene rings is 2. The van der Waals surface area contributed by atoms with Gasteiger partial charge in [0.15, 0.2) is 0 Å². The van der Waals surface area contributed by atoms with E-state index in [1.54, 1.807) is 0 Å². The third-order valence-corrected chi connectivity index (χ3v) is 12.9. The second-order valence-corrected chi connectivity index (χ2v) is 19.2. The third-order valence-electron chi connectivity index (χ3n) is 5.40. The van der Waals surface area contributed by atoms with Crippen molar-refractivity contribution in [2.24, 2.45) is 0 Å². The van der Waals surface area contributed by atoms with Gasteiger partial charge in [-0.1, -0.05) is 24.3 Å². The Balaban J connectivity index is 2.21. The summed E-state index contributed by atoms with van der Waals surface area (Å²) in [5.74, 6) is 0. The molecule has 0 aliphatic carbocycles. The van der Waals surface area contributed by atoms with E-state index in [-0.39, 0.29) is 11.1 Å². The van der Waals surface area contributed by atoms with Crippen LogP contribution in [0.2, 0.25) is 26.2 Å². The smallest absolute Gasteiger partial charge is 0.206 e. The molecule has 2 rings (SSSR count). The molecule has 0 unspecified atom stereocenters. The fraction of sp³-hybridized carbons (Fsp3) is 0.500. The van der Waals surface area contributed by atoms with Crippen molar-refractivity contribution < 1.29 is 14.5 Å². The van der Waals surface area contributed by atoms with Gasteiger partial charge in [-0.25, -0.2) is 0 Å². The minimum absolute atomic E-state index is 0.358. The van der Waals surface area contributed by atoms with Crippen molar-refractivity contribution in [3.8, 4) is 0 Å². The van der Waals surface area contributed by atoms with Crippen LogP contribution in [0.4, 0.5) is 11.4 Å². The van der Waals surface area contributed by atoms with Crippen molar-refractivity contribution in [2.75, 3.05) is 10.1 Å². The van der Waals surface area contributed by atoms with Crippen LogP contribution in [-0.4, -0.2) is 38.1 Å². The van der Waals surface area contributed by atoms with Crippen molar-refractivity contribution in [2.45, 2.75) is 78.8 Å². The summed E-state index contributed by atoms with van der Waals surface area (Å²) < 4.78 is 6.86. The molecule has 0 saturated carbocycles. The van der Waals surface area contributed by atoms with Gasteiger partial charge in [0.25, 0.3) is 0 Å². The first-order valence-electron chi connectivity index (χ1n) is 10.8. The Morgan fingerprint density at radius 1 is 0.581 bits per heavy atom. The molecule has 0 bridgehead atoms. The zero-order valence-corrected chi connectivity index (χ0v) is 22.8. The highest BCUT2D eigenvalue weighted by molar-refractivity contribution is 6.96. The summed E-state index contributed by atoms with van der Waals surface area (Å²) in [7, 11) is -4.33. The lowest BCUT2D eigenvalue weighted by atomic mass is 10.1. The SMILES string of the molecule is CC(C)(C)N(O)c1ccc([Si](C)(C)O[Si](C)(C)c2ccc(N(O)C(C)(C)C)cc2)cc1. The van der Waals surface area contributed by atoms with Crippen LogP contribution in [0, 0.1) is 0 Å². The molecule has 2 N–H and O–H groups in total. The molecule has 2 aromatic rings. The monoisotopic (exact) mass is 460 g/mol. The van der Waals surface area contributed by atoms with Gasteiger partial charge in [-0.2, -0.15) is 0 Å². The summed E-state index contributed by atoms with van der Waals surface area (Å²) in [4.78, 5) is 0. The van der Waals surface area contributed by atoms with Gasteiger partial charge in [-0.05, 0) is 102 Å². The molecule has 172 valence electrons. The standard InChI is InChI=1S/C24H40N2O3Si2/c1-23(2,3)25(27)19-11-15-21(16-12-19)30(7,8)29-31(9,10)22-17-13-20(14-18-22)26(28)24(4,5)6/h11-18,27-28H,1-10H3. The van der Waals surface area contributed by atoms with Gasteiger partial charge in [0.1, 0.15) is 0 Å². The van der Waals surface area contributed by atoms with Crippen LogP contribution >= 0.6 is 0 Å². The Bertz CT molecular complexity index is 794. The normalized spacial score (nSPS) is 13.3. The molecule has 2 aromatic carbocycles. The molecule has 0 spiro atoms. The quantitative estimate of drug-likeness (QED) is 0.457. The Morgan fingerprint density at radius 3 is 1.06 bits per heavy atom. The first kappa shape index (κ1) is 25.6. The zero-order chi connectivity index (χ0) is 23.8. The molecule has 0 fully saturated rings. The number of hydrogen-bond acceptors (Lipinski definition) is 5. The maximum atomic E-state index is 10.4. The topological polar surface area (TPSA) is 56.2 Å². The van der Waals surface area contributed by atoms with E-state index < -0.39 is 16.6 Å². The van der Waals surface area contributed by atoms with Gasteiger partial charge in [-0.15, -0.1) is 0 Å². The van der Waals surface area contributed by atoms with Gasteiger partial charge in [0.2, 0.25) is 16.6 Å². The van der Waals surface area contributed by atoms with Crippen molar-refractivity contribution >= 4 is 38.4 Å². The second kappa shape index (κ2) is 8.71. The van der Waals surface area contributed by atoms with Gasteiger partial charge < -0.3 is 4.12 Å². The summed E-state index contributed by atoms with van der Waals surface area (Å²) in [5, 5.41) is 25.8. The molecular weight excluding hydrogens is 420 g/mol. The molecule has 0 amide bonds. The van der Waals surface area contributed by atoms with Crippen molar-refractivity contribution in [3.63, 3.8) is 0 Å². The molecule has 31 heavy (non-hydrogen) atoms. The Hall–Kier alpha value is -1.65. The van der Waals surface area contributed by atoms with Gasteiger partial charge in [0.05, 0.1) is 22.5 Å². The highest BCUT2D eigenvalue weighted by atomic mass is 28.4. The molecule has 0 atom stereocenters. The van der Waals surface area contributed by atoms with E-state index in [0.717, 1.165) is 11.4 Å². The summed E-state index contributed by atoms with van der Waals surface area (Å²) in [6, 6.07) is 16.2. The predicted octanol–water partition coefficient (Wildman–Crippen LogP) is 5.22. The van der Waals surface area contributed by atoms with Crippen molar-refractivity contribution in [1.29, 1.82) is 0 Å². The number of hydroxylamine groups is 2. The highest BCUT2D eigenvalue weighted by Crippen LogP contribution is 2.24. The minimum atomic E-state index is -2.16. The molecule has 0 radical (unpaired) electrons. The first-order valence-corrected chi connectivity index (χ1v) is 16.7. The van der Waals surface area contributed by atoms with Gasteiger partial charge in [0, 0.05) is 0 Å². The van der Waals surface area contributed by atoms with Crippen LogP contribution in [0.1, 0.15) is 41.5 Å². The van der Waals surface area contributed by atoms with Crippen LogP contribution in [0.25, 0.3) is 0 Å². The Labute approximate surface area is 190 Å². The second-order valence-electron chi connectivity index (χ2n) is 11.2. The maximum absolute atomic E-state index is 10.4. The fourth-order valence-corrected chi connectivity index (χ4v) is 11.5. The van der Waals surface area contributed by atoms with E-state index >= 15 is 0 Å². The zero-order valence-electron chi connectivity index (χ0n) is 20.8. The highest BCUT2D eigenvalue weighted by Gasteiger charge is 2.36. The fourth-order valence-electron chi connectivity index (χ4n) is 3.54. The number of nitrogens with zero attached hydrogens (tertiary/aromatic N) is 2. The number of hydrogen-bond donors (Lipinski definition) is 2. The maximum Gasteiger partial charge on any atom is 0.206 e. The molecule has 0 aliphatic rings. The average Bonchev–Trinajstić information content (AvgIpc) is 2.64. The van der Waals surface area contributed by atoms with Gasteiger partial charge >= 0.3 is 0 Å². The van der Waals surface area contributed by atoms with E-state index in [4.69, 9.17) is 4.12 Å². The molecule has 0 aliphatic heterocycles. The average molecular weight is 461 g/mol. The van der Waals surface area contributed by atoms with Crippen LogP contribution in [0.5, 0.6) is 0 Å². The lowest BCUT2D eigenvalue weighted by Gasteiger charge is -2.36. The molecule has 7 heteroatoms. The largest absolute Gasteiger partial charge is 0.449 e. The Morgan fingerprint density at radius 2 is 0.839 bits per heavy atom. The predicted molar refractivity (Wildman–Crippen MR) is 136 cm³/mol. The van der Waals surface area contributed by atoms with Crippen LogP contribution in [0.3, 0.4) is 0 Å². The molecule has 0 heterocycles. The summed E-state index contributed by atoms with van der Waals surface area (Å²) in [6.45, 7) is 20.7. The summed E-state index contributed by atoms with van der Waals surface area (Å²) in [5.41, 5.74) is 0.841. The van der Waals surface area contributed by atoms with E-state index in [2.05, 4.69) is 50.5 Å². The summed E-state index contributed by atoms with van der Waals surface area (Å²) >= 11 is 0. The number of rotatable bonds is 6. The van der Waals surface area contributed by atoms with E-state index in [1.807, 2.05) is 65.8 Å². The van der Waals surface area contributed by atoms with E-state index in [1.165, 1.54) is 20.5 Å². The number of anilines is 2. The van der Waals surface area contributed by atoms with Gasteiger partial charge in [-0.3, -0.25) is 20.5 Å². The molecule has 0 saturated heterocycles. The molecular formula is C24H40N2O3Si2. The minimum Gasteiger partial charge on any atom is -0.449 e. The van der Waals surface area contributed by atoms with Crippen molar-refractivity contribution in [3.05, 3.63) is 48.5 Å². The molecule has 0 aromatic heterocycles. The van der Waals surface area contributed by atoms with Crippen LogP contribution in [0.15, 0.2) is 48.5 Å². The van der Waals surface area contributed by atoms with Crippen molar-refractivity contribution in [1.82, 2.24) is 0 Å². The summed E-state index contributed by atoms with van der Waals surface area (Å²) in [6.07, 6.45) is 0. The molecule has 5 nitrogen and oxygen atoms in total. The van der Waals surface area contributed by atoms with E-state index in [0.29, 0.717) is 0 Å². The van der Waals surface area contributed by atoms with E-state index in [9.17, 15) is 10.4 Å².